The van der Waals surface area contributed by atoms with Gasteiger partial charge in [-0.25, -0.2) is 4.98 Å². The Morgan fingerprint density at radius 3 is 1.86 bits per heavy atom. The van der Waals surface area contributed by atoms with Gasteiger partial charge in [-0.05, 0) is 69.7 Å². The first-order valence-corrected chi connectivity index (χ1v) is 23.0. The van der Waals surface area contributed by atoms with Crippen LogP contribution in [0.3, 0.4) is 0 Å². The van der Waals surface area contributed by atoms with Gasteiger partial charge in [0.25, 0.3) is 0 Å². The number of para-hydroxylation sites is 2. The Morgan fingerprint density at radius 2 is 1.23 bits per heavy atom. The van der Waals surface area contributed by atoms with Crippen LogP contribution in [0, 0.1) is 25.7 Å². The van der Waals surface area contributed by atoms with Crippen molar-refractivity contribution in [2.45, 2.75) is 63.5 Å². The molecule has 0 amide bonds. The monoisotopic (exact) mass is 1100 g/mol. The largest absolute Gasteiger partial charge is 0.519 e. The van der Waals surface area contributed by atoms with Gasteiger partial charge in [0.15, 0.2) is 0 Å². The fraction of sp³-hybridized carbons (Fsp3) is 0.156. The topological polar surface area (TPSA) is 33.5 Å². The number of benzene rings is 8. The van der Waals surface area contributed by atoms with E-state index in [1.54, 1.807) is 18.2 Å². The van der Waals surface area contributed by atoms with E-state index in [1.807, 2.05) is 83.7 Å². The first-order valence-electron chi connectivity index (χ1n) is 30.5. The molecule has 8 aromatic carbocycles. The van der Waals surface area contributed by atoms with Crippen LogP contribution in [-0.4, -0.2) is 21.6 Å². The minimum atomic E-state index is -0.567. The molecule has 2 fully saturated rings. The van der Waals surface area contributed by atoms with Gasteiger partial charge >= 0.3 is 0 Å². The van der Waals surface area contributed by atoms with Gasteiger partial charge in [0.1, 0.15) is 5.82 Å². The van der Waals surface area contributed by atoms with Gasteiger partial charge in [-0.15, -0.1) is 47.0 Å². The summed E-state index contributed by atoms with van der Waals surface area (Å²) in [6.07, 6.45) is 2.28. The van der Waals surface area contributed by atoms with Gasteiger partial charge in [0, 0.05) is 90.6 Å². The summed E-state index contributed by atoms with van der Waals surface area (Å²) < 4.78 is 140. The number of aryl methyl sites for hydroxylation is 1. The smallest absolute Gasteiger partial charge is 0.135 e. The Hall–Kier alpha value is -7.20. The molecule has 70 heavy (non-hydrogen) atoms. The third-order valence-corrected chi connectivity index (χ3v) is 14.0. The first kappa shape index (κ1) is 30.4. The van der Waals surface area contributed by atoms with E-state index in [1.165, 1.54) is 11.8 Å². The fourth-order valence-corrected chi connectivity index (χ4v) is 11.0. The van der Waals surface area contributed by atoms with E-state index < -0.39 is 90.0 Å². The minimum absolute atomic E-state index is 0. The molecule has 2 unspecified atom stereocenters. The number of rotatable bonds is 8. The molecule has 3 aliphatic rings. The molecule has 1 aliphatic heterocycles. The molecule has 10 aromatic rings. The van der Waals surface area contributed by atoms with Gasteiger partial charge in [0.2, 0.25) is 0 Å². The Kier molecular flexibility index (Phi) is 7.53. The average molecular weight is 1100 g/mol. The molecule has 2 aromatic heterocycles. The van der Waals surface area contributed by atoms with Crippen LogP contribution >= 0.6 is 0 Å². The van der Waals surface area contributed by atoms with Crippen LogP contribution in [-0.2, 0) is 26.5 Å². The minimum Gasteiger partial charge on any atom is -0.519 e. The molecule has 1 saturated carbocycles. The number of pyridine rings is 1. The fourth-order valence-electron chi connectivity index (χ4n) is 11.0. The second-order valence-corrected chi connectivity index (χ2v) is 19.0. The molecule has 3 heterocycles. The van der Waals surface area contributed by atoms with Crippen LogP contribution in [0.4, 0.5) is 11.4 Å². The summed E-state index contributed by atoms with van der Waals surface area (Å²) in [4.78, 5) is 9.05. The van der Waals surface area contributed by atoms with Gasteiger partial charge in [-0.2, -0.15) is 12.7 Å². The van der Waals surface area contributed by atoms with Gasteiger partial charge in [0.05, 0.1) is 20.6 Å². The maximum absolute atomic E-state index is 9.28. The summed E-state index contributed by atoms with van der Waals surface area (Å²) in [5, 5.41) is 1.79. The molecule has 0 N–H and O–H groups in total. The van der Waals surface area contributed by atoms with Crippen molar-refractivity contribution in [3.8, 4) is 50.7 Å². The van der Waals surface area contributed by atoms with Gasteiger partial charge < -0.3 is 19.1 Å². The molecule has 0 spiro atoms. The molecular formula is C64H51N4OPt-3. The SMILES string of the molecule is [2H]c1c([2H])c([2H])c(-c2cnc(-n3c4[c-]c(Oc5[c-]c(N6[CH-]N(c7c(-c8c([2H])c([2H])c([2H])c([2H])c8[2H])cccc7-c7c([2H])c([2H])c([2H])c([2H])c7[2H])C7C6[C@@H]6C[C@H]7c7ccccc76)cc(C(C)(C)C)c5)ccc4c4ccccc43)cc2C)c([2H])c1[2H].[Pt]. The number of aromatic nitrogens is 2. The van der Waals surface area contributed by atoms with Crippen LogP contribution in [0.2, 0.25) is 0 Å². The van der Waals surface area contributed by atoms with E-state index >= 15 is 0 Å². The van der Waals surface area contributed by atoms with Crippen LogP contribution < -0.4 is 14.5 Å². The average Bonchev–Trinajstić information content (AvgIpc) is 1.78. The summed E-state index contributed by atoms with van der Waals surface area (Å²) in [6.45, 7) is 10.1. The third kappa shape index (κ3) is 7.28. The molecular weight excluding hydrogens is 1040 g/mol. The van der Waals surface area contributed by atoms with Crippen molar-refractivity contribution in [1.29, 1.82) is 0 Å². The van der Waals surface area contributed by atoms with E-state index in [9.17, 15) is 5.48 Å². The van der Waals surface area contributed by atoms with Crippen LogP contribution in [0.15, 0.2) is 194 Å². The Balaban J connectivity index is 0.00000709. The number of hydrogen-bond acceptors (Lipinski definition) is 4. The summed E-state index contributed by atoms with van der Waals surface area (Å²) >= 11 is 0. The standard InChI is InChI=1S/C64H51N4O.Pt/c1-41-33-60(65-39-57(41)44-23-12-7-13-24-44)68-58-30-17-16-27-53(58)54-32-31-47(37-59(54)68)69-48-35-45(64(2,3)4)34-46(36-48)66-40-67(63-56-38-55(62(63)66)51-25-14-15-26-52(51)56)61-49(42-19-8-5-9-20-42)28-18-29-50(61)43-21-10-6-11-22-43;/h5-35,39-40,55-56,62-63H,38H2,1-4H3;/q-3;/t55-,56+,62?,63?;/m1./s1/i5D,6D,7D,8D,9D,10D,11D,12D,13D,19D,20D,21D,22D,23D,24D;. The maximum atomic E-state index is 9.28. The Labute approximate surface area is 446 Å². The van der Waals surface area contributed by atoms with E-state index in [4.69, 9.17) is 24.8 Å². The number of fused-ring (bicyclic) bond motifs is 11. The quantitative estimate of drug-likeness (QED) is 0.142. The second-order valence-electron chi connectivity index (χ2n) is 19.0. The predicted molar refractivity (Wildman–Crippen MR) is 282 cm³/mol. The van der Waals surface area contributed by atoms with E-state index in [0.29, 0.717) is 45.3 Å². The normalized spacial score (nSPS) is 21.0. The number of anilines is 2. The van der Waals surface area contributed by atoms with Crippen molar-refractivity contribution >= 4 is 33.2 Å². The van der Waals surface area contributed by atoms with Crippen molar-refractivity contribution in [1.82, 2.24) is 9.55 Å². The molecule has 0 radical (unpaired) electrons. The molecule has 4 atom stereocenters. The zero-order valence-electron chi connectivity index (χ0n) is 53.4. The zero-order chi connectivity index (χ0) is 59.4. The summed E-state index contributed by atoms with van der Waals surface area (Å²) in [5.41, 5.74) is 6.56. The van der Waals surface area contributed by atoms with Gasteiger partial charge in [-0.3, -0.25) is 0 Å². The summed E-state index contributed by atoms with van der Waals surface area (Å²) in [7, 11) is 0. The number of ether oxygens (including phenoxy) is 1. The first-order chi connectivity index (χ1) is 40.0. The molecule has 346 valence electrons. The molecule has 13 rings (SSSR count). The van der Waals surface area contributed by atoms with E-state index in [0.717, 1.165) is 33.8 Å². The van der Waals surface area contributed by atoms with Crippen molar-refractivity contribution in [3.05, 3.63) is 235 Å². The zero-order valence-corrected chi connectivity index (χ0v) is 40.7. The predicted octanol–water partition coefficient (Wildman–Crippen LogP) is 15.6. The molecule has 6 heteroatoms. The van der Waals surface area contributed by atoms with Crippen molar-refractivity contribution < 1.29 is 46.4 Å². The van der Waals surface area contributed by atoms with E-state index in [-0.39, 0.29) is 78.8 Å². The molecule has 5 nitrogen and oxygen atoms in total. The van der Waals surface area contributed by atoms with Crippen molar-refractivity contribution in [2.24, 2.45) is 0 Å². The summed E-state index contributed by atoms with van der Waals surface area (Å²) in [5.74, 6) is 1.11. The Bertz CT molecular complexity index is 4330. The van der Waals surface area contributed by atoms with Crippen molar-refractivity contribution in [3.63, 3.8) is 0 Å². The van der Waals surface area contributed by atoms with Crippen LogP contribution in [0.5, 0.6) is 11.5 Å². The van der Waals surface area contributed by atoms with Crippen molar-refractivity contribution in [2.75, 3.05) is 9.80 Å². The van der Waals surface area contributed by atoms with Crippen LogP contribution in [0.25, 0.3) is 61.0 Å². The number of hydrogen-bond donors (Lipinski definition) is 0. The number of nitrogens with zero attached hydrogens (tertiary/aromatic N) is 4. The van der Waals surface area contributed by atoms with E-state index in [2.05, 4.69) is 56.0 Å². The Morgan fingerprint density at radius 1 is 0.629 bits per heavy atom. The summed E-state index contributed by atoms with van der Waals surface area (Å²) in [6, 6.07) is 30.2. The molecule has 2 aliphatic carbocycles. The van der Waals surface area contributed by atoms with Gasteiger partial charge in [-0.1, -0.05) is 178 Å². The molecule has 1 saturated heterocycles. The third-order valence-electron chi connectivity index (χ3n) is 14.0. The maximum Gasteiger partial charge on any atom is 0.135 e. The van der Waals surface area contributed by atoms with Crippen LogP contribution in [0.1, 0.15) is 81.8 Å². The second kappa shape index (κ2) is 17.3. The molecule has 2 bridgehead atoms.